The maximum Gasteiger partial charge on any atom is 0.376 e. The number of nitrogens with zero attached hydrogens (tertiary/aromatic N) is 3. The Kier molecular flexibility index (Phi) is 6.38. The molecule has 1 rings (SSSR count). The van der Waals surface area contributed by atoms with Crippen molar-refractivity contribution < 1.29 is 9.53 Å². The molecule has 0 spiro atoms. The SMILES string of the molecule is COC(=O)c1nc(C)cc(NCCCN(C)C(C)C)n1. The van der Waals surface area contributed by atoms with Crippen LogP contribution in [0, 0.1) is 6.92 Å². The van der Waals surface area contributed by atoms with Crippen molar-refractivity contribution in [3.63, 3.8) is 0 Å². The Bertz CT molecular complexity index is 449. The average molecular weight is 280 g/mol. The van der Waals surface area contributed by atoms with E-state index in [9.17, 15) is 4.79 Å². The summed E-state index contributed by atoms with van der Waals surface area (Å²) in [4.78, 5) is 21.9. The molecule has 0 aliphatic heterocycles. The lowest BCUT2D eigenvalue weighted by Crippen LogP contribution is -2.28. The predicted molar refractivity (Wildman–Crippen MR) is 79.0 cm³/mol. The maximum atomic E-state index is 11.4. The number of hydrogen-bond donors (Lipinski definition) is 1. The number of carbonyl (C=O) groups is 1. The Balaban J connectivity index is 2.52. The zero-order valence-electron chi connectivity index (χ0n) is 12.9. The number of aryl methyl sites for hydroxylation is 1. The van der Waals surface area contributed by atoms with E-state index in [1.54, 1.807) is 0 Å². The molecule has 20 heavy (non-hydrogen) atoms. The Labute approximate surface area is 120 Å². The van der Waals surface area contributed by atoms with E-state index in [0.717, 1.165) is 25.2 Å². The van der Waals surface area contributed by atoms with E-state index in [4.69, 9.17) is 0 Å². The lowest BCUT2D eigenvalue weighted by molar-refractivity contribution is 0.0586. The van der Waals surface area contributed by atoms with Gasteiger partial charge in [0.25, 0.3) is 0 Å². The minimum Gasteiger partial charge on any atom is -0.463 e. The third kappa shape index (κ3) is 5.13. The first-order valence-corrected chi connectivity index (χ1v) is 6.82. The van der Waals surface area contributed by atoms with Gasteiger partial charge in [0.1, 0.15) is 5.82 Å². The number of hydrogen-bond acceptors (Lipinski definition) is 6. The number of methoxy groups -OCH3 is 1. The highest BCUT2D eigenvalue weighted by Crippen LogP contribution is 2.07. The second kappa shape index (κ2) is 7.79. The van der Waals surface area contributed by atoms with Gasteiger partial charge in [-0.15, -0.1) is 0 Å². The van der Waals surface area contributed by atoms with Crippen LogP contribution in [0.25, 0.3) is 0 Å². The molecular formula is C14H24N4O2. The molecule has 0 fully saturated rings. The van der Waals surface area contributed by atoms with Crippen molar-refractivity contribution in [1.82, 2.24) is 14.9 Å². The van der Waals surface area contributed by atoms with Crippen LogP contribution in [0.15, 0.2) is 6.07 Å². The van der Waals surface area contributed by atoms with Crippen LogP contribution in [0.5, 0.6) is 0 Å². The summed E-state index contributed by atoms with van der Waals surface area (Å²) in [7, 11) is 3.43. The molecule has 0 aromatic carbocycles. The van der Waals surface area contributed by atoms with Crippen molar-refractivity contribution >= 4 is 11.8 Å². The number of esters is 1. The lowest BCUT2D eigenvalue weighted by Gasteiger charge is -2.20. The molecule has 6 heteroatoms. The van der Waals surface area contributed by atoms with Gasteiger partial charge in [0.05, 0.1) is 7.11 Å². The maximum absolute atomic E-state index is 11.4. The summed E-state index contributed by atoms with van der Waals surface area (Å²) in [5, 5.41) is 3.21. The summed E-state index contributed by atoms with van der Waals surface area (Å²) in [5.41, 5.74) is 0.738. The van der Waals surface area contributed by atoms with Gasteiger partial charge in [0, 0.05) is 24.3 Å². The number of carbonyl (C=O) groups excluding carboxylic acids is 1. The number of aromatic nitrogens is 2. The van der Waals surface area contributed by atoms with Gasteiger partial charge in [-0.1, -0.05) is 0 Å². The fourth-order valence-corrected chi connectivity index (χ4v) is 1.64. The predicted octanol–water partition coefficient (Wildman–Crippen LogP) is 1.71. The molecule has 1 aromatic rings. The zero-order valence-corrected chi connectivity index (χ0v) is 12.9. The molecule has 0 saturated carbocycles. The highest BCUT2D eigenvalue weighted by atomic mass is 16.5. The Hall–Kier alpha value is -1.69. The van der Waals surface area contributed by atoms with Crippen LogP contribution in [0.3, 0.4) is 0 Å². The largest absolute Gasteiger partial charge is 0.463 e. The Morgan fingerprint density at radius 3 is 2.75 bits per heavy atom. The molecule has 1 heterocycles. The molecule has 0 unspecified atom stereocenters. The van der Waals surface area contributed by atoms with E-state index in [1.807, 2.05) is 13.0 Å². The van der Waals surface area contributed by atoms with Gasteiger partial charge in [-0.2, -0.15) is 0 Å². The van der Waals surface area contributed by atoms with Crippen LogP contribution in [-0.2, 0) is 4.74 Å². The molecule has 6 nitrogen and oxygen atoms in total. The molecule has 0 aliphatic rings. The number of anilines is 1. The van der Waals surface area contributed by atoms with E-state index in [-0.39, 0.29) is 5.82 Å². The smallest absolute Gasteiger partial charge is 0.376 e. The van der Waals surface area contributed by atoms with E-state index >= 15 is 0 Å². The lowest BCUT2D eigenvalue weighted by atomic mass is 10.3. The quantitative estimate of drug-likeness (QED) is 0.606. The average Bonchev–Trinajstić information content (AvgIpc) is 2.41. The monoisotopic (exact) mass is 280 g/mol. The van der Waals surface area contributed by atoms with Gasteiger partial charge in [-0.25, -0.2) is 14.8 Å². The summed E-state index contributed by atoms with van der Waals surface area (Å²) in [6.45, 7) is 7.98. The first-order valence-electron chi connectivity index (χ1n) is 6.82. The summed E-state index contributed by atoms with van der Waals surface area (Å²) in [6.07, 6.45) is 1.01. The van der Waals surface area contributed by atoms with E-state index in [1.165, 1.54) is 7.11 Å². The summed E-state index contributed by atoms with van der Waals surface area (Å²) >= 11 is 0. The van der Waals surface area contributed by atoms with Crippen molar-refractivity contribution in [3.05, 3.63) is 17.6 Å². The highest BCUT2D eigenvalue weighted by Gasteiger charge is 2.11. The van der Waals surface area contributed by atoms with Crippen molar-refractivity contribution in [2.45, 2.75) is 33.2 Å². The molecule has 0 atom stereocenters. The number of nitrogens with one attached hydrogen (secondary N) is 1. The number of ether oxygens (including phenoxy) is 1. The van der Waals surface area contributed by atoms with Gasteiger partial charge < -0.3 is 15.0 Å². The molecule has 0 aliphatic carbocycles. The summed E-state index contributed by atoms with van der Waals surface area (Å²) in [5.74, 6) is 0.232. The third-order valence-corrected chi connectivity index (χ3v) is 3.10. The minimum atomic E-state index is -0.517. The van der Waals surface area contributed by atoms with Gasteiger partial charge >= 0.3 is 5.97 Å². The van der Waals surface area contributed by atoms with Gasteiger partial charge in [0.15, 0.2) is 0 Å². The van der Waals surface area contributed by atoms with Crippen LogP contribution >= 0.6 is 0 Å². The molecule has 112 valence electrons. The van der Waals surface area contributed by atoms with Crippen LogP contribution in [0.2, 0.25) is 0 Å². The van der Waals surface area contributed by atoms with E-state index in [0.29, 0.717) is 11.9 Å². The second-order valence-electron chi connectivity index (χ2n) is 5.06. The Morgan fingerprint density at radius 1 is 1.45 bits per heavy atom. The highest BCUT2D eigenvalue weighted by molar-refractivity contribution is 5.85. The minimum absolute atomic E-state index is 0.0919. The fraction of sp³-hybridized carbons (Fsp3) is 0.643. The van der Waals surface area contributed by atoms with Crippen molar-refractivity contribution in [2.75, 3.05) is 32.6 Å². The van der Waals surface area contributed by atoms with Gasteiger partial charge in [-0.3, -0.25) is 0 Å². The van der Waals surface area contributed by atoms with Crippen LogP contribution < -0.4 is 5.32 Å². The molecule has 1 N–H and O–H groups in total. The zero-order chi connectivity index (χ0) is 15.1. The normalized spacial score (nSPS) is 10.9. The fourth-order valence-electron chi connectivity index (χ4n) is 1.64. The van der Waals surface area contributed by atoms with Gasteiger partial charge in [-0.05, 0) is 40.8 Å². The standard InChI is InChI=1S/C14H24N4O2/c1-10(2)18(4)8-6-7-15-12-9-11(3)16-13(17-12)14(19)20-5/h9-10H,6-8H2,1-5H3,(H,15,16,17). The van der Waals surface area contributed by atoms with Crippen molar-refractivity contribution in [3.8, 4) is 0 Å². The van der Waals surface area contributed by atoms with Crippen molar-refractivity contribution in [1.29, 1.82) is 0 Å². The number of rotatable bonds is 7. The van der Waals surface area contributed by atoms with Crippen LogP contribution in [-0.4, -0.2) is 54.1 Å². The van der Waals surface area contributed by atoms with Crippen LogP contribution in [0.1, 0.15) is 36.6 Å². The molecule has 1 aromatic heterocycles. The van der Waals surface area contributed by atoms with Gasteiger partial charge in [0.2, 0.25) is 5.82 Å². The van der Waals surface area contributed by atoms with E-state index < -0.39 is 5.97 Å². The van der Waals surface area contributed by atoms with Crippen molar-refractivity contribution in [2.24, 2.45) is 0 Å². The topological polar surface area (TPSA) is 67.3 Å². The molecule has 0 radical (unpaired) electrons. The second-order valence-corrected chi connectivity index (χ2v) is 5.06. The van der Waals surface area contributed by atoms with Crippen LogP contribution in [0.4, 0.5) is 5.82 Å². The molecular weight excluding hydrogens is 256 g/mol. The first kappa shape index (κ1) is 16.4. The summed E-state index contributed by atoms with van der Waals surface area (Å²) < 4.78 is 4.63. The third-order valence-electron chi connectivity index (χ3n) is 3.10. The molecule has 0 saturated heterocycles. The first-order chi connectivity index (χ1) is 9.43. The van der Waals surface area contributed by atoms with E-state index in [2.05, 4.69) is 45.8 Å². The Morgan fingerprint density at radius 2 is 2.15 bits per heavy atom. The summed E-state index contributed by atoms with van der Waals surface area (Å²) in [6, 6.07) is 2.36. The molecule has 0 amide bonds. The molecule has 0 bridgehead atoms.